The molecule has 6 heteroatoms. The van der Waals surface area contributed by atoms with Crippen LogP contribution in [0, 0.1) is 0 Å². The van der Waals surface area contributed by atoms with Gasteiger partial charge in [-0.25, -0.2) is 0 Å². The SMILES string of the molecule is O=C(c1ccc(Cl)s1)N(CCc1cccs1)C1CCOCC1. The number of carbonyl (C=O) groups excluding carboxylic acids is 1. The Morgan fingerprint density at radius 1 is 1.32 bits per heavy atom. The fourth-order valence-electron chi connectivity index (χ4n) is 2.70. The molecule has 1 amide bonds. The fraction of sp³-hybridized carbons (Fsp3) is 0.438. The van der Waals surface area contributed by atoms with Crippen LogP contribution in [0.5, 0.6) is 0 Å². The molecular formula is C16H18ClNO2S2. The molecule has 0 radical (unpaired) electrons. The number of hydrogen-bond acceptors (Lipinski definition) is 4. The van der Waals surface area contributed by atoms with Crippen LogP contribution in [-0.2, 0) is 11.2 Å². The molecule has 3 nitrogen and oxygen atoms in total. The van der Waals surface area contributed by atoms with Crippen LogP contribution in [0.25, 0.3) is 0 Å². The van der Waals surface area contributed by atoms with Crippen molar-refractivity contribution in [1.82, 2.24) is 4.90 Å². The Balaban J connectivity index is 1.73. The highest BCUT2D eigenvalue weighted by Gasteiger charge is 2.27. The Bertz CT molecular complexity index is 605. The first-order valence-electron chi connectivity index (χ1n) is 7.40. The zero-order chi connectivity index (χ0) is 15.4. The zero-order valence-electron chi connectivity index (χ0n) is 12.2. The molecule has 0 saturated carbocycles. The quantitative estimate of drug-likeness (QED) is 0.799. The Morgan fingerprint density at radius 2 is 2.14 bits per heavy atom. The topological polar surface area (TPSA) is 29.5 Å². The number of nitrogens with zero attached hydrogens (tertiary/aromatic N) is 1. The lowest BCUT2D eigenvalue weighted by Crippen LogP contribution is -2.44. The molecule has 0 bridgehead atoms. The maximum atomic E-state index is 12.9. The lowest BCUT2D eigenvalue weighted by atomic mass is 10.1. The van der Waals surface area contributed by atoms with Crippen molar-refractivity contribution in [1.29, 1.82) is 0 Å². The van der Waals surface area contributed by atoms with Crippen LogP contribution in [0.1, 0.15) is 27.4 Å². The highest BCUT2D eigenvalue weighted by Crippen LogP contribution is 2.25. The van der Waals surface area contributed by atoms with Gasteiger partial charge >= 0.3 is 0 Å². The Hall–Kier alpha value is -0.880. The number of carbonyl (C=O) groups is 1. The number of hydrogen-bond donors (Lipinski definition) is 0. The molecular weight excluding hydrogens is 338 g/mol. The highest BCUT2D eigenvalue weighted by atomic mass is 35.5. The van der Waals surface area contributed by atoms with Gasteiger partial charge in [0.1, 0.15) is 0 Å². The van der Waals surface area contributed by atoms with E-state index in [9.17, 15) is 4.79 Å². The molecule has 0 aliphatic carbocycles. The fourth-order valence-corrected chi connectivity index (χ4v) is 4.40. The minimum absolute atomic E-state index is 0.0976. The van der Waals surface area contributed by atoms with E-state index < -0.39 is 0 Å². The van der Waals surface area contributed by atoms with Gasteiger partial charge in [0.2, 0.25) is 0 Å². The number of amides is 1. The third-order valence-corrected chi connectivity index (χ3v) is 6.01. The van der Waals surface area contributed by atoms with Crippen LogP contribution < -0.4 is 0 Å². The molecule has 0 N–H and O–H groups in total. The van der Waals surface area contributed by atoms with E-state index in [0.29, 0.717) is 4.34 Å². The summed E-state index contributed by atoms with van der Waals surface area (Å²) < 4.78 is 6.10. The van der Waals surface area contributed by atoms with Gasteiger partial charge in [-0.2, -0.15) is 0 Å². The molecule has 0 aromatic carbocycles. The molecule has 22 heavy (non-hydrogen) atoms. The first kappa shape index (κ1) is 16.0. The summed E-state index contributed by atoms with van der Waals surface area (Å²) >= 11 is 9.08. The van der Waals surface area contributed by atoms with Crippen LogP contribution in [0.15, 0.2) is 29.6 Å². The smallest absolute Gasteiger partial charge is 0.264 e. The highest BCUT2D eigenvalue weighted by molar-refractivity contribution is 7.18. The molecule has 1 fully saturated rings. The third-order valence-electron chi connectivity index (χ3n) is 3.86. The first-order chi connectivity index (χ1) is 10.7. The first-order valence-corrected chi connectivity index (χ1v) is 9.48. The second-order valence-corrected chi connectivity index (χ2v) is 8.02. The van der Waals surface area contributed by atoms with Gasteiger partial charge in [0, 0.05) is 30.7 Å². The van der Waals surface area contributed by atoms with E-state index in [1.807, 2.05) is 11.0 Å². The Morgan fingerprint density at radius 3 is 2.77 bits per heavy atom. The molecule has 2 aromatic rings. The van der Waals surface area contributed by atoms with Crippen molar-refractivity contribution in [2.75, 3.05) is 19.8 Å². The van der Waals surface area contributed by atoms with E-state index in [4.69, 9.17) is 16.3 Å². The number of rotatable bonds is 5. The molecule has 0 unspecified atom stereocenters. The summed E-state index contributed by atoms with van der Waals surface area (Å²) in [7, 11) is 0. The monoisotopic (exact) mass is 355 g/mol. The molecule has 1 saturated heterocycles. The molecule has 3 heterocycles. The van der Waals surface area contributed by atoms with Crippen molar-refractivity contribution in [3.8, 4) is 0 Å². The average molecular weight is 356 g/mol. The number of thiophene rings is 2. The number of ether oxygens (including phenoxy) is 1. The van der Waals surface area contributed by atoms with Crippen molar-refractivity contribution in [2.45, 2.75) is 25.3 Å². The summed E-state index contributed by atoms with van der Waals surface area (Å²) in [4.78, 5) is 16.9. The van der Waals surface area contributed by atoms with E-state index in [-0.39, 0.29) is 11.9 Å². The molecule has 3 rings (SSSR count). The van der Waals surface area contributed by atoms with E-state index in [0.717, 1.165) is 43.9 Å². The summed E-state index contributed by atoms with van der Waals surface area (Å²) in [6.07, 6.45) is 2.73. The summed E-state index contributed by atoms with van der Waals surface area (Å²) in [5.74, 6) is 0.0976. The minimum Gasteiger partial charge on any atom is -0.381 e. The van der Waals surface area contributed by atoms with Crippen molar-refractivity contribution in [2.24, 2.45) is 0 Å². The van der Waals surface area contributed by atoms with Crippen molar-refractivity contribution in [3.05, 3.63) is 43.7 Å². The number of halogens is 1. The third kappa shape index (κ3) is 3.90. The predicted octanol–water partition coefficient (Wildman–Crippen LogP) is 4.33. The lowest BCUT2D eigenvalue weighted by Gasteiger charge is -2.34. The van der Waals surface area contributed by atoms with Crippen LogP contribution in [0.2, 0.25) is 4.34 Å². The van der Waals surface area contributed by atoms with Gasteiger partial charge in [-0.15, -0.1) is 22.7 Å². The van der Waals surface area contributed by atoms with Gasteiger partial charge in [0.05, 0.1) is 9.21 Å². The Kier molecular flexibility index (Phi) is 5.52. The molecule has 0 spiro atoms. The summed E-state index contributed by atoms with van der Waals surface area (Å²) in [5, 5.41) is 2.08. The molecule has 1 aliphatic heterocycles. The van der Waals surface area contributed by atoms with Gasteiger partial charge in [0.25, 0.3) is 5.91 Å². The standard InChI is InChI=1S/C16H18ClNO2S2/c17-15-4-3-14(22-15)16(19)18(12-6-9-20-10-7-12)8-5-13-2-1-11-21-13/h1-4,11-12H,5-10H2. The zero-order valence-corrected chi connectivity index (χ0v) is 14.6. The average Bonchev–Trinajstić information content (AvgIpc) is 3.20. The van der Waals surface area contributed by atoms with Gasteiger partial charge in [-0.3, -0.25) is 4.79 Å². The van der Waals surface area contributed by atoms with Gasteiger partial charge in [-0.05, 0) is 42.8 Å². The summed E-state index contributed by atoms with van der Waals surface area (Å²) in [6, 6.07) is 8.06. The van der Waals surface area contributed by atoms with Crippen molar-refractivity contribution < 1.29 is 9.53 Å². The second kappa shape index (κ2) is 7.59. The van der Waals surface area contributed by atoms with E-state index in [1.54, 1.807) is 17.4 Å². The maximum Gasteiger partial charge on any atom is 0.264 e. The summed E-state index contributed by atoms with van der Waals surface area (Å²) in [6.45, 7) is 2.22. The molecule has 0 atom stereocenters. The second-order valence-electron chi connectivity index (χ2n) is 5.28. The lowest BCUT2D eigenvalue weighted by molar-refractivity contribution is 0.0297. The van der Waals surface area contributed by atoms with Crippen molar-refractivity contribution in [3.63, 3.8) is 0 Å². The van der Waals surface area contributed by atoms with Crippen LogP contribution in [0.4, 0.5) is 0 Å². The van der Waals surface area contributed by atoms with Gasteiger partial charge in [0.15, 0.2) is 0 Å². The van der Waals surface area contributed by atoms with Gasteiger partial charge < -0.3 is 9.64 Å². The normalized spacial score (nSPS) is 15.9. The van der Waals surface area contributed by atoms with Crippen LogP contribution >= 0.6 is 34.3 Å². The van der Waals surface area contributed by atoms with Crippen molar-refractivity contribution >= 4 is 40.2 Å². The summed E-state index contributed by atoms with van der Waals surface area (Å²) in [5.41, 5.74) is 0. The molecule has 118 valence electrons. The maximum absolute atomic E-state index is 12.9. The molecule has 1 aliphatic rings. The predicted molar refractivity (Wildman–Crippen MR) is 92.2 cm³/mol. The van der Waals surface area contributed by atoms with E-state index in [2.05, 4.69) is 17.5 Å². The van der Waals surface area contributed by atoms with Crippen LogP contribution in [0.3, 0.4) is 0 Å². The Labute approximate surface area is 143 Å². The van der Waals surface area contributed by atoms with Crippen LogP contribution in [-0.4, -0.2) is 36.6 Å². The van der Waals surface area contributed by atoms with Gasteiger partial charge in [-0.1, -0.05) is 17.7 Å². The molecule has 2 aromatic heterocycles. The van der Waals surface area contributed by atoms with E-state index in [1.165, 1.54) is 16.2 Å². The van der Waals surface area contributed by atoms with E-state index >= 15 is 0 Å². The largest absolute Gasteiger partial charge is 0.381 e. The minimum atomic E-state index is 0.0976.